The van der Waals surface area contributed by atoms with Crippen LogP contribution < -0.4 is 10.6 Å². The lowest BCUT2D eigenvalue weighted by atomic mass is 9.97. The zero-order valence-corrected chi connectivity index (χ0v) is 33.9. The maximum Gasteiger partial charge on any atom is 0.264 e. The first-order chi connectivity index (χ1) is 29.6. The summed E-state index contributed by atoms with van der Waals surface area (Å²) in [6.45, 7) is 5.87. The van der Waals surface area contributed by atoms with Crippen molar-refractivity contribution in [1.82, 2.24) is 35.0 Å². The van der Waals surface area contributed by atoms with Crippen LogP contribution in [0.4, 0.5) is 5.69 Å². The lowest BCUT2D eigenvalue weighted by molar-refractivity contribution is -0.136. The van der Waals surface area contributed by atoms with E-state index >= 15 is 0 Å². The number of benzene rings is 3. The number of pyridine rings is 1. The smallest absolute Gasteiger partial charge is 0.264 e. The van der Waals surface area contributed by atoms with E-state index in [1.807, 2.05) is 59.5 Å². The second kappa shape index (κ2) is 18.1. The van der Waals surface area contributed by atoms with Gasteiger partial charge in [-0.1, -0.05) is 48.5 Å². The summed E-state index contributed by atoms with van der Waals surface area (Å²) < 4.78 is 0. The van der Waals surface area contributed by atoms with Gasteiger partial charge in [0.15, 0.2) is 5.78 Å². The summed E-state index contributed by atoms with van der Waals surface area (Å²) in [5, 5.41) is 5.42. The fourth-order valence-corrected chi connectivity index (χ4v) is 8.14. The van der Waals surface area contributed by atoms with E-state index in [4.69, 9.17) is 4.98 Å². The van der Waals surface area contributed by atoms with Crippen LogP contribution in [0, 0.1) is 6.92 Å². The Bertz CT molecular complexity index is 2500. The molecule has 0 spiro atoms. The molecule has 2 aromatic heterocycles. The topological polar surface area (TPSA) is 175 Å². The summed E-state index contributed by atoms with van der Waals surface area (Å²) >= 11 is 0. The lowest BCUT2D eigenvalue weighted by Crippen LogP contribution is -2.54. The molecular formula is C47H46N8O6. The number of rotatable bonds is 14. The Morgan fingerprint density at radius 3 is 2.44 bits per heavy atom. The molecule has 0 radical (unpaired) electrons. The molecule has 14 nitrogen and oxygen atoms in total. The summed E-state index contributed by atoms with van der Waals surface area (Å²) in [7, 11) is 0. The average molecular weight is 819 g/mol. The standard InChI is InChI=1S/C47H46N8O6/c1-30-9-10-32(25-35(30)27-41-50-20-17-37(51-41)34-5-3-18-48-28-34)26-40(56)33-13-11-31(12-14-33)29-53-21-23-54(24-22-53)43(58)8-4-19-49-38-7-2-6-36-44(38)47(61)55(46(36)60)39-15-16-42(57)52-45(39)59/h2-3,5-7,9-14,17-18,20,25,28,39,49H,4,8,15-16,19,21-24,26-27,29H2,1H3,(H,52,57,59). The van der Waals surface area contributed by atoms with Crippen LogP contribution in [-0.4, -0.2) is 104 Å². The number of hydrogen-bond donors (Lipinski definition) is 2. The molecule has 1 atom stereocenters. The van der Waals surface area contributed by atoms with Crippen molar-refractivity contribution < 1.29 is 28.8 Å². The molecule has 8 rings (SSSR count). The summed E-state index contributed by atoms with van der Waals surface area (Å²) in [6.07, 6.45) is 7.11. The fraction of sp³-hybridized carbons (Fsp3) is 0.298. The van der Waals surface area contributed by atoms with Crippen LogP contribution in [-0.2, 0) is 33.8 Å². The molecule has 14 heteroatoms. The second-order valence-electron chi connectivity index (χ2n) is 15.7. The number of amides is 5. The van der Waals surface area contributed by atoms with Crippen LogP contribution in [0.2, 0.25) is 0 Å². The van der Waals surface area contributed by atoms with Gasteiger partial charge in [-0.2, -0.15) is 0 Å². The Hall–Kier alpha value is -6.93. The predicted octanol–water partition coefficient (Wildman–Crippen LogP) is 4.80. The first-order valence-electron chi connectivity index (χ1n) is 20.6. The third kappa shape index (κ3) is 9.29. The summed E-state index contributed by atoms with van der Waals surface area (Å²) in [5.41, 5.74) is 7.52. The number of carbonyl (C=O) groups is 6. The van der Waals surface area contributed by atoms with E-state index in [0.29, 0.717) is 56.0 Å². The number of piperidine rings is 1. The Morgan fingerprint density at radius 1 is 0.869 bits per heavy atom. The van der Waals surface area contributed by atoms with Gasteiger partial charge in [-0.25, -0.2) is 9.97 Å². The van der Waals surface area contributed by atoms with Crippen LogP contribution in [0.15, 0.2) is 97.5 Å². The third-order valence-electron chi connectivity index (χ3n) is 11.5. The third-order valence-corrected chi connectivity index (χ3v) is 11.5. The van der Waals surface area contributed by atoms with Gasteiger partial charge >= 0.3 is 0 Å². The van der Waals surface area contributed by atoms with E-state index < -0.39 is 29.7 Å². The normalized spacial score (nSPS) is 16.7. The van der Waals surface area contributed by atoms with E-state index in [9.17, 15) is 28.8 Å². The molecule has 61 heavy (non-hydrogen) atoms. The van der Waals surface area contributed by atoms with Crippen LogP contribution >= 0.6 is 0 Å². The zero-order chi connectivity index (χ0) is 42.5. The molecule has 5 aromatic rings. The van der Waals surface area contributed by atoms with Crippen molar-refractivity contribution in [3.63, 3.8) is 0 Å². The number of imide groups is 2. The summed E-state index contributed by atoms with van der Waals surface area (Å²) in [6, 6.07) is 23.5. The van der Waals surface area contributed by atoms with Crippen LogP contribution in [0.1, 0.15) is 84.8 Å². The molecule has 310 valence electrons. The number of piperazine rings is 1. The maximum absolute atomic E-state index is 13.4. The Morgan fingerprint density at radius 2 is 1.67 bits per heavy atom. The predicted molar refractivity (Wildman–Crippen MR) is 226 cm³/mol. The van der Waals surface area contributed by atoms with Gasteiger partial charge in [-0.3, -0.25) is 48.9 Å². The number of hydrogen-bond acceptors (Lipinski definition) is 11. The van der Waals surface area contributed by atoms with E-state index in [1.54, 1.807) is 36.8 Å². The van der Waals surface area contributed by atoms with Crippen molar-refractivity contribution in [1.29, 1.82) is 0 Å². The first-order valence-corrected chi connectivity index (χ1v) is 20.6. The molecular weight excluding hydrogens is 773 g/mol. The van der Waals surface area contributed by atoms with Gasteiger partial charge in [-0.15, -0.1) is 0 Å². The summed E-state index contributed by atoms with van der Waals surface area (Å²) in [4.78, 5) is 95.6. The zero-order valence-electron chi connectivity index (χ0n) is 33.9. The average Bonchev–Trinajstić information content (AvgIpc) is 3.53. The quantitative estimate of drug-likeness (QED) is 0.0895. The number of anilines is 1. The molecule has 5 amide bonds. The largest absolute Gasteiger partial charge is 0.384 e. The highest BCUT2D eigenvalue weighted by Crippen LogP contribution is 2.32. The minimum atomic E-state index is -1.03. The number of nitrogens with one attached hydrogen (secondary N) is 2. The van der Waals surface area contributed by atoms with Gasteiger partial charge in [0, 0.05) is 100 Å². The van der Waals surface area contributed by atoms with Crippen molar-refractivity contribution in [3.05, 3.63) is 142 Å². The second-order valence-corrected chi connectivity index (χ2v) is 15.7. The number of ketones is 1. The van der Waals surface area contributed by atoms with Crippen molar-refractivity contribution in [2.75, 3.05) is 38.0 Å². The molecule has 1 unspecified atom stereocenters. The van der Waals surface area contributed by atoms with Crippen molar-refractivity contribution >= 4 is 41.0 Å². The highest BCUT2D eigenvalue weighted by atomic mass is 16.2. The van der Waals surface area contributed by atoms with E-state index in [-0.39, 0.29) is 42.1 Å². The van der Waals surface area contributed by atoms with Gasteiger partial charge in [0.2, 0.25) is 17.7 Å². The molecule has 0 saturated carbocycles. The van der Waals surface area contributed by atoms with Gasteiger partial charge in [-0.05, 0) is 72.4 Å². The van der Waals surface area contributed by atoms with Gasteiger partial charge in [0.25, 0.3) is 11.8 Å². The van der Waals surface area contributed by atoms with E-state index in [0.717, 1.165) is 58.0 Å². The van der Waals surface area contributed by atoms with Gasteiger partial charge in [0.1, 0.15) is 11.9 Å². The molecule has 2 N–H and O–H groups in total. The van der Waals surface area contributed by atoms with Gasteiger partial charge < -0.3 is 10.2 Å². The number of aryl methyl sites for hydroxylation is 1. The number of carbonyl (C=O) groups excluding carboxylic acids is 6. The highest BCUT2D eigenvalue weighted by Gasteiger charge is 2.45. The van der Waals surface area contributed by atoms with Gasteiger partial charge in [0.05, 0.1) is 16.8 Å². The number of Topliss-reactive ketones (excluding diaryl/α,β-unsaturated/α-hetero) is 1. The molecule has 0 aliphatic carbocycles. The monoisotopic (exact) mass is 818 g/mol. The molecule has 3 aromatic carbocycles. The van der Waals surface area contributed by atoms with Crippen molar-refractivity contribution in [2.24, 2.45) is 0 Å². The highest BCUT2D eigenvalue weighted by molar-refractivity contribution is 6.25. The SMILES string of the molecule is Cc1ccc(CC(=O)c2ccc(CN3CCN(C(=O)CCCNc4cccc5c4C(=O)N(C4CCC(=O)NC4=O)C5=O)CC3)cc2)cc1Cc1nccc(-c2cccnc2)n1. The molecule has 0 bridgehead atoms. The fourth-order valence-electron chi connectivity index (χ4n) is 8.14. The van der Waals surface area contributed by atoms with Crippen LogP contribution in [0.5, 0.6) is 0 Å². The minimum absolute atomic E-state index is 0.0474. The number of aromatic nitrogens is 3. The van der Waals surface area contributed by atoms with E-state index in [1.165, 1.54) is 0 Å². The van der Waals surface area contributed by atoms with E-state index in [2.05, 4.69) is 38.5 Å². The lowest BCUT2D eigenvalue weighted by Gasteiger charge is -2.35. The van der Waals surface area contributed by atoms with Crippen LogP contribution in [0.3, 0.4) is 0 Å². The Kier molecular flexibility index (Phi) is 12.1. The Balaban J connectivity index is 0.772. The van der Waals surface area contributed by atoms with Crippen LogP contribution in [0.25, 0.3) is 11.3 Å². The molecule has 5 heterocycles. The minimum Gasteiger partial charge on any atom is -0.384 e. The molecule has 3 aliphatic rings. The summed E-state index contributed by atoms with van der Waals surface area (Å²) in [5.74, 6) is -1.40. The molecule has 2 fully saturated rings. The molecule has 3 aliphatic heterocycles. The number of fused-ring (bicyclic) bond motifs is 1. The van der Waals surface area contributed by atoms with Crippen molar-refractivity contribution in [2.45, 2.75) is 58.0 Å². The van der Waals surface area contributed by atoms with Crippen molar-refractivity contribution in [3.8, 4) is 11.3 Å². The number of nitrogens with zero attached hydrogens (tertiary/aromatic N) is 6. The maximum atomic E-state index is 13.4. The first kappa shape index (κ1) is 40.8. The Labute approximate surface area is 353 Å². The molecule has 2 saturated heterocycles.